The number of nitrogens with one attached hydrogen (secondary N) is 1. The summed E-state index contributed by atoms with van der Waals surface area (Å²) in [6.45, 7) is 2.65. The second-order valence-electron chi connectivity index (χ2n) is 5.92. The van der Waals surface area contributed by atoms with E-state index in [9.17, 15) is 0 Å². The van der Waals surface area contributed by atoms with Gasteiger partial charge in [0, 0.05) is 69.6 Å². The zero-order valence-corrected chi connectivity index (χ0v) is 14.1. The van der Waals surface area contributed by atoms with Crippen molar-refractivity contribution in [2.75, 3.05) is 32.1 Å². The fourth-order valence-electron chi connectivity index (χ4n) is 2.76. The predicted octanol–water partition coefficient (Wildman–Crippen LogP) is 1.81. The van der Waals surface area contributed by atoms with Crippen LogP contribution < -0.4 is 10.2 Å². The number of aromatic nitrogens is 3. The molecule has 0 aliphatic carbocycles. The molecule has 3 rings (SSSR count). The molecule has 1 saturated heterocycles. The third-order valence-corrected chi connectivity index (χ3v) is 5.06. The van der Waals surface area contributed by atoms with E-state index < -0.39 is 0 Å². The highest BCUT2D eigenvalue weighted by atomic mass is 32.1. The van der Waals surface area contributed by atoms with Crippen molar-refractivity contribution in [1.82, 2.24) is 20.1 Å². The first-order chi connectivity index (χ1) is 10.6. The van der Waals surface area contributed by atoms with Crippen LogP contribution in [0.2, 0.25) is 0 Å². The van der Waals surface area contributed by atoms with Crippen LogP contribution in [0, 0.1) is 5.92 Å². The Morgan fingerprint density at radius 2 is 2.32 bits per heavy atom. The van der Waals surface area contributed by atoms with Crippen LogP contribution in [0.4, 0.5) is 5.13 Å². The topological polar surface area (TPSA) is 55.2 Å². The quantitative estimate of drug-likeness (QED) is 0.879. The van der Waals surface area contributed by atoms with Crippen LogP contribution in [-0.4, -0.2) is 42.0 Å². The van der Waals surface area contributed by atoms with Gasteiger partial charge in [0.05, 0.1) is 12.3 Å². The van der Waals surface area contributed by atoms with Crippen molar-refractivity contribution in [3.63, 3.8) is 0 Å². The molecule has 0 spiro atoms. The molecule has 22 heavy (non-hydrogen) atoms. The number of thiazole rings is 1. The van der Waals surface area contributed by atoms with Crippen molar-refractivity contribution in [2.45, 2.75) is 19.1 Å². The number of hydrogen-bond donors (Lipinski definition) is 1. The molecule has 1 fully saturated rings. The van der Waals surface area contributed by atoms with E-state index in [4.69, 9.17) is 4.74 Å². The molecule has 2 aromatic heterocycles. The Labute approximate surface area is 135 Å². The Morgan fingerprint density at radius 1 is 1.45 bits per heavy atom. The van der Waals surface area contributed by atoms with Gasteiger partial charge in [0.25, 0.3) is 0 Å². The summed E-state index contributed by atoms with van der Waals surface area (Å²) in [6.07, 6.45) is 7.18. The number of ether oxygens (including phenoxy) is 1. The summed E-state index contributed by atoms with van der Waals surface area (Å²) in [5.74, 6) is 0.505. The smallest absolute Gasteiger partial charge is 0.185 e. The molecule has 1 aliphatic rings. The lowest BCUT2D eigenvalue weighted by molar-refractivity contribution is 0.0904. The van der Waals surface area contributed by atoms with E-state index in [2.05, 4.69) is 21.6 Å². The van der Waals surface area contributed by atoms with Crippen LogP contribution in [0.3, 0.4) is 0 Å². The molecular formula is C15H23N5OS. The Morgan fingerprint density at radius 3 is 3.00 bits per heavy atom. The molecule has 1 N–H and O–H groups in total. The summed E-state index contributed by atoms with van der Waals surface area (Å²) >= 11 is 1.73. The van der Waals surface area contributed by atoms with Gasteiger partial charge in [-0.1, -0.05) is 0 Å². The van der Waals surface area contributed by atoms with Crippen molar-refractivity contribution < 1.29 is 4.74 Å². The number of anilines is 1. The largest absolute Gasteiger partial charge is 0.373 e. The van der Waals surface area contributed by atoms with Crippen LogP contribution in [0.25, 0.3) is 0 Å². The van der Waals surface area contributed by atoms with Crippen molar-refractivity contribution in [3.8, 4) is 0 Å². The third-order valence-electron chi connectivity index (χ3n) is 3.90. The highest BCUT2D eigenvalue weighted by Gasteiger charge is 2.30. The van der Waals surface area contributed by atoms with Gasteiger partial charge in [0.2, 0.25) is 0 Å². The van der Waals surface area contributed by atoms with E-state index in [1.807, 2.05) is 43.1 Å². The summed E-state index contributed by atoms with van der Waals surface area (Å²) in [5, 5.41) is 8.85. The number of nitrogens with zero attached hydrogens (tertiary/aromatic N) is 4. The summed E-state index contributed by atoms with van der Waals surface area (Å²) < 4.78 is 7.73. The molecule has 1 aliphatic heterocycles. The second kappa shape index (κ2) is 6.76. The highest BCUT2D eigenvalue weighted by Crippen LogP contribution is 2.33. The highest BCUT2D eigenvalue weighted by molar-refractivity contribution is 7.15. The average Bonchev–Trinajstić information content (AvgIpc) is 3.18. The molecule has 7 heteroatoms. The fraction of sp³-hybridized carbons (Fsp3) is 0.600. The van der Waals surface area contributed by atoms with Crippen molar-refractivity contribution in [2.24, 2.45) is 13.0 Å². The molecule has 0 aromatic carbocycles. The lowest BCUT2D eigenvalue weighted by Crippen LogP contribution is -2.24. The first-order valence-corrected chi connectivity index (χ1v) is 8.38. The lowest BCUT2D eigenvalue weighted by Gasteiger charge is -2.17. The van der Waals surface area contributed by atoms with Crippen molar-refractivity contribution >= 4 is 16.5 Å². The van der Waals surface area contributed by atoms with Gasteiger partial charge in [-0.3, -0.25) is 4.68 Å². The average molecular weight is 321 g/mol. The maximum absolute atomic E-state index is 5.89. The summed E-state index contributed by atoms with van der Waals surface area (Å²) in [5.41, 5.74) is 1.18. The first kappa shape index (κ1) is 15.5. The maximum Gasteiger partial charge on any atom is 0.185 e. The van der Waals surface area contributed by atoms with Crippen LogP contribution in [0.15, 0.2) is 18.6 Å². The van der Waals surface area contributed by atoms with Crippen molar-refractivity contribution in [3.05, 3.63) is 29.0 Å². The van der Waals surface area contributed by atoms with E-state index in [0.717, 1.165) is 31.2 Å². The molecule has 0 bridgehead atoms. The molecule has 2 atom stereocenters. The van der Waals surface area contributed by atoms with E-state index in [1.54, 1.807) is 11.3 Å². The summed E-state index contributed by atoms with van der Waals surface area (Å²) in [6, 6.07) is 0. The zero-order valence-electron chi connectivity index (χ0n) is 13.3. The van der Waals surface area contributed by atoms with Gasteiger partial charge < -0.3 is 15.0 Å². The molecule has 3 heterocycles. The molecule has 0 amide bonds. The van der Waals surface area contributed by atoms with Gasteiger partial charge in [-0.15, -0.1) is 11.3 Å². The summed E-state index contributed by atoms with van der Waals surface area (Å²) in [7, 11) is 5.98. The third kappa shape index (κ3) is 3.48. The van der Waals surface area contributed by atoms with E-state index in [-0.39, 0.29) is 6.10 Å². The Balaban J connectivity index is 1.52. The van der Waals surface area contributed by atoms with Gasteiger partial charge in [0.15, 0.2) is 5.13 Å². The second-order valence-corrected chi connectivity index (χ2v) is 7.02. The first-order valence-electron chi connectivity index (χ1n) is 7.56. The molecular weight excluding hydrogens is 298 g/mol. The summed E-state index contributed by atoms with van der Waals surface area (Å²) in [4.78, 5) is 7.70. The Bertz CT molecular complexity index is 609. The molecule has 0 saturated carbocycles. The molecule has 0 radical (unpaired) electrons. The number of rotatable bonds is 6. The SMILES string of the molecule is CN(C)c1ncc(CNC[C@@H]2CCO[C@H]2c2cnn(C)c2)s1. The standard InChI is InChI=1S/C15H23N5OS/c1-19(2)15-17-9-13(22-15)8-16-6-11-4-5-21-14(11)12-7-18-20(3)10-12/h7,9-11,14,16H,4-6,8H2,1-3H3/t11-,14+/m0/s1. The normalized spacial score (nSPS) is 21.4. The molecule has 0 unspecified atom stereocenters. The molecule has 120 valence electrons. The number of aryl methyl sites for hydroxylation is 1. The monoisotopic (exact) mass is 321 g/mol. The van der Waals surface area contributed by atoms with Crippen molar-refractivity contribution in [1.29, 1.82) is 0 Å². The van der Waals surface area contributed by atoms with Crippen LogP contribution in [0.5, 0.6) is 0 Å². The van der Waals surface area contributed by atoms with E-state index in [0.29, 0.717) is 5.92 Å². The minimum absolute atomic E-state index is 0.167. The number of hydrogen-bond acceptors (Lipinski definition) is 6. The zero-order chi connectivity index (χ0) is 15.5. The van der Waals surface area contributed by atoms with Gasteiger partial charge in [-0.05, 0) is 6.42 Å². The van der Waals surface area contributed by atoms with Crippen LogP contribution in [0.1, 0.15) is 23.0 Å². The van der Waals surface area contributed by atoms with Crippen LogP contribution in [-0.2, 0) is 18.3 Å². The van der Waals surface area contributed by atoms with Gasteiger partial charge >= 0.3 is 0 Å². The van der Waals surface area contributed by atoms with Gasteiger partial charge in [-0.25, -0.2) is 4.98 Å². The van der Waals surface area contributed by atoms with Gasteiger partial charge in [0.1, 0.15) is 0 Å². The van der Waals surface area contributed by atoms with Crippen LogP contribution >= 0.6 is 11.3 Å². The fourth-order valence-corrected chi connectivity index (χ4v) is 3.57. The molecule has 2 aromatic rings. The lowest BCUT2D eigenvalue weighted by atomic mass is 9.97. The minimum atomic E-state index is 0.167. The Kier molecular flexibility index (Phi) is 4.75. The van der Waals surface area contributed by atoms with E-state index >= 15 is 0 Å². The van der Waals surface area contributed by atoms with E-state index in [1.165, 1.54) is 10.4 Å². The van der Waals surface area contributed by atoms with Gasteiger partial charge in [-0.2, -0.15) is 5.10 Å². The minimum Gasteiger partial charge on any atom is -0.373 e. The maximum atomic E-state index is 5.89. The predicted molar refractivity (Wildman–Crippen MR) is 88.2 cm³/mol. The Hall–Kier alpha value is -1.44. The molecule has 6 nitrogen and oxygen atoms in total.